The van der Waals surface area contributed by atoms with E-state index in [9.17, 15) is 9.59 Å². The predicted octanol–water partition coefficient (Wildman–Crippen LogP) is 3.39. The van der Waals surface area contributed by atoms with Crippen LogP contribution in [0.5, 0.6) is 11.5 Å². The molecule has 1 saturated heterocycles. The molecule has 4 rings (SSSR count). The highest BCUT2D eigenvalue weighted by molar-refractivity contribution is 5.75. The van der Waals surface area contributed by atoms with Gasteiger partial charge >= 0.3 is 6.03 Å². The van der Waals surface area contributed by atoms with Gasteiger partial charge in [0.15, 0.2) is 11.5 Å². The van der Waals surface area contributed by atoms with Crippen molar-refractivity contribution >= 4 is 6.03 Å². The van der Waals surface area contributed by atoms with Crippen LogP contribution in [0.25, 0.3) is 0 Å². The van der Waals surface area contributed by atoms with Crippen LogP contribution in [-0.4, -0.2) is 42.8 Å². The number of piperidine rings is 1. The van der Waals surface area contributed by atoms with Crippen molar-refractivity contribution in [1.82, 2.24) is 14.8 Å². The Morgan fingerprint density at radius 1 is 1.06 bits per heavy atom. The van der Waals surface area contributed by atoms with Crippen molar-refractivity contribution in [1.29, 1.82) is 0 Å². The van der Waals surface area contributed by atoms with Crippen LogP contribution in [0.15, 0.2) is 41.2 Å². The minimum absolute atomic E-state index is 0.0541. The van der Waals surface area contributed by atoms with Crippen LogP contribution in [0.1, 0.15) is 43.5 Å². The summed E-state index contributed by atoms with van der Waals surface area (Å²) < 4.78 is 12.7. The third-order valence-electron chi connectivity index (χ3n) is 6.48. The van der Waals surface area contributed by atoms with Gasteiger partial charge in [0.25, 0.3) is 5.56 Å². The molecule has 1 aromatic carbocycles. The Kier molecular flexibility index (Phi) is 5.94. The first-order chi connectivity index (χ1) is 14.9. The molecular formula is C24H31N3O4. The number of benzene rings is 1. The van der Waals surface area contributed by atoms with Crippen LogP contribution >= 0.6 is 0 Å². The molecule has 7 nitrogen and oxygen atoms in total. The van der Waals surface area contributed by atoms with Crippen molar-refractivity contribution in [2.75, 3.05) is 27.3 Å². The van der Waals surface area contributed by atoms with E-state index < -0.39 is 0 Å². The highest BCUT2D eigenvalue weighted by Gasteiger charge is 2.37. The van der Waals surface area contributed by atoms with Crippen LogP contribution in [-0.2, 0) is 6.54 Å². The van der Waals surface area contributed by atoms with Crippen molar-refractivity contribution in [3.63, 3.8) is 0 Å². The lowest BCUT2D eigenvalue weighted by Gasteiger charge is -2.43. The van der Waals surface area contributed by atoms with E-state index in [0.29, 0.717) is 37.1 Å². The van der Waals surface area contributed by atoms with Crippen molar-refractivity contribution in [3.05, 3.63) is 58.0 Å². The number of carbonyl (C=O) groups is 1. The van der Waals surface area contributed by atoms with Gasteiger partial charge in [-0.1, -0.05) is 26.0 Å². The zero-order valence-electron chi connectivity index (χ0n) is 18.6. The summed E-state index contributed by atoms with van der Waals surface area (Å²) in [5, 5.41) is 3.24. The molecule has 1 N–H and O–H groups in total. The number of nitrogens with one attached hydrogen (secondary N) is 1. The smallest absolute Gasteiger partial charge is 0.317 e. The van der Waals surface area contributed by atoms with Crippen LogP contribution in [0.4, 0.5) is 4.79 Å². The molecule has 1 fully saturated rings. The summed E-state index contributed by atoms with van der Waals surface area (Å²) in [6.07, 6.45) is 1.02. The molecule has 1 unspecified atom stereocenters. The second kappa shape index (κ2) is 8.65. The Balaban J connectivity index is 1.52. The van der Waals surface area contributed by atoms with E-state index in [4.69, 9.17) is 9.47 Å². The minimum atomic E-state index is -0.149. The number of carbonyl (C=O) groups excluding carboxylic acids is 1. The van der Waals surface area contributed by atoms with Gasteiger partial charge in [0.2, 0.25) is 0 Å². The monoisotopic (exact) mass is 425 g/mol. The summed E-state index contributed by atoms with van der Waals surface area (Å²) in [5.41, 5.74) is 2.08. The number of rotatable bonds is 5. The SMILES string of the molecule is COc1ccc(C(NC(=O)N2C[C@H]3C[C@@H](C2)c2cccc(=O)n2C3)C(C)C)cc1OC. The largest absolute Gasteiger partial charge is 0.493 e. The lowest BCUT2D eigenvalue weighted by atomic mass is 9.83. The summed E-state index contributed by atoms with van der Waals surface area (Å²) in [5.74, 6) is 2.01. The van der Waals surface area contributed by atoms with Crippen LogP contribution in [0.3, 0.4) is 0 Å². The number of fused-ring (bicyclic) bond motifs is 4. The maximum absolute atomic E-state index is 13.3. The third kappa shape index (κ3) is 4.13. The van der Waals surface area contributed by atoms with Crippen LogP contribution in [0, 0.1) is 11.8 Å². The summed E-state index contributed by atoms with van der Waals surface area (Å²) in [6.45, 7) is 6.16. The number of amides is 2. The van der Waals surface area contributed by atoms with Crippen LogP contribution in [0.2, 0.25) is 0 Å². The van der Waals surface area contributed by atoms with Gasteiger partial charge in [0.05, 0.1) is 20.3 Å². The fourth-order valence-corrected chi connectivity index (χ4v) is 4.97. The average Bonchev–Trinajstić information content (AvgIpc) is 2.77. The Morgan fingerprint density at radius 2 is 1.84 bits per heavy atom. The van der Waals surface area contributed by atoms with E-state index in [1.165, 1.54) is 0 Å². The van der Waals surface area contributed by atoms with Crippen molar-refractivity contribution < 1.29 is 14.3 Å². The number of likely N-dealkylation sites (tertiary alicyclic amines) is 1. The number of aromatic nitrogens is 1. The van der Waals surface area contributed by atoms with Gasteiger partial charge < -0.3 is 24.3 Å². The number of hydrogen-bond acceptors (Lipinski definition) is 4. The lowest BCUT2D eigenvalue weighted by molar-refractivity contribution is 0.127. The molecule has 166 valence electrons. The zero-order valence-corrected chi connectivity index (χ0v) is 18.6. The normalized spacial score (nSPS) is 20.7. The highest BCUT2D eigenvalue weighted by atomic mass is 16.5. The van der Waals surface area contributed by atoms with Gasteiger partial charge in [0, 0.05) is 37.3 Å². The van der Waals surface area contributed by atoms with Gasteiger partial charge in [-0.05, 0) is 42.0 Å². The molecule has 1 aromatic heterocycles. The summed E-state index contributed by atoms with van der Waals surface area (Å²) in [7, 11) is 3.22. The second-order valence-corrected chi connectivity index (χ2v) is 8.89. The van der Waals surface area contributed by atoms with Gasteiger partial charge in [-0.25, -0.2) is 4.79 Å². The first-order valence-corrected chi connectivity index (χ1v) is 10.9. The number of nitrogens with zero attached hydrogens (tertiary/aromatic N) is 2. The van der Waals surface area contributed by atoms with Crippen molar-refractivity contribution in [3.8, 4) is 11.5 Å². The Labute approximate surface area is 183 Å². The topological polar surface area (TPSA) is 72.8 Å². The molecule has 0 spiro atoms. The molecule has 31 heavy (non-hydrogen) atoms. The molecular weight excluding hydrogens is 394 g/mol. The molecule has 2 amide bonds. The predicted molar refractivity (Wildman–Crippen MR) is 119 cm³/mol. The maximum Gasteiger partial charge on any atom is 0.317 e. The summed E-state index contributed by atoms with van der Waals surface area (Å²) in [4.78, 5) is 27.4. The summed E-state index contributed by atoms with van der Waals surface area (Å²) in [6, 6.07) is 11.0. The van der Waals surface area contributed by atoms with Gasteiger partial charge in [-0.15, -0.1) is 0 Å². The molecule has 2 aliphatic rings. The molecule has 2 aliphatic heterocycles. The second-order valence-electron chi connectivity index (χ2n) is 8.89. The molecule has 3 heterocycles. The van der Waals surface area contributed by atoms with E-state index in [0.717, 1.165) is 17.7 Å². The molecule has 7 heteroatoms. The van der Waals surface area contributed by atoms with Gasteiger partial charge in [-0.2, -0.15) is 0 Å². The maximum atomic E-state index is 13.3. The van der Waals surface area contributed by atoms with Gasteiger partial charge in [0.1, 0.15) is 0 Å². The van der Waals surface area contributed by atoms with E-state index in [-0.39, 0.29) is 29.5 Å². The number of hydrogen-bond donors (Lipinski definition) is 1. The number of pyridine rings is 1. The number of ether oxygens (including phenoxy) is 2. The zero-order chi connectivity index (χ0) is 22.1. The van der Waals surface area contributed by atoms with E-state index >= 15 is 0 Å². The van der Waals surface area contributed by atoms with E-state index in [2.05, 4.69) is 19.2 Å². The molecule has 0 radical (unpaired) electrons. The van der Waals surface area contributed by atoms with Crippen molar-refractivity contribution in [2.45, 2.75) is 38.8 Å². The lowest BCUT2D eigenvalue weighted by Crippen LogP contribution is -2.52. The highest BCUT2D eigenvalue weighted by Crippen LogP contribution is 2.36. The first-order valence-electron chi connectivity index (χ1n) is 10.9. The number of urea groups is 1. The van der Waals surface area contributed by atoms with Crippen molar-refractivity contribution in [2.24, 2.45) is 11.8 Å². The molecule has 0 aliphatic carbocycles. The van der Waals surface area contributed by atoms with Gasteiger partial charge in [-0.3, -0.25) is 4.79 Å². The molecule has 2 aromatic rings. The minimum Gasteiger partial charge on any atom is -0.493 e. The molecule has 3 atom stereocenters. The number of methoxy groups -OCH3 is 2. The van der Waals surface area contributed by atoms with E-state index in [1.54, 1.807) is 20.3 Å². The van der Waals surface area contributed by atoms with E-state index in [1.807, 2.05) is 39.8 Å². The molecule has 0 saturated carbocycles. The standard InChI is InChI=1S/C24H31N3O4/c1-15(2)23(17-8-9-20(30-3)21(11-17)31-4)25-24(29)26-12-16-10-18(14-26)19-6-5-7-22(28)27(19)13-16/h5-9,11,15-16,18,23H,10,12-14H2,1-4H3,(H,25,29)/t16-,18+,23?/m1/s1. The average molecular weight is 426 g/mol. The van der Waals surface area contributed by atoms with Crippen LogP contribution < -0.4 is 20.3 Å². The fourth-order valence-electron chi connectivity index (χ4n) is 4.97. The first kappa shape index (κ1) is 21.3. The Hall–Kier alpha value is -2.96. The summed E-state index contributed by atoms with van der Waals surface area (Å²) >= 11 is 0. The Morgan fingerprint density at radius 3 is 2.55 bits per heavy atom. The fraction of sp³-hybridized carbons (Fsp3) is 0.500. The Bertz CT molecular complexity index is 1020. The quantitative estimate of drug-likeness (QED) is 0.797. The third-order valence-corrected chi connectivity index (χ3v) is 6.48. The molecule has 2 bridgehead atoms.